The van der Waals surface area contributed by atoms with Gasteiger partial charge in [0.1, 0.15) is 0 Å². The molecule has 0 saturated carbocycles. The van der Waals surface area contributed by atoms with Gasteiger partial charge in [0.2, 0.25) is 0 Å². The average Bonchev–Trinajstić information content (AvgIpc) is 2.34. The van der Waals surface area contributed by atoms with E-state index in [2.05, 4.69) is 19.2 Å². The summed E-state index contributed by atoms with van der Waals surface area (Å²) >= 11 is 0. The molecule has 1 fully saturated rings. The third kappa shape index (κ3) is 1.37. The Morgan fingerprint density at radius 3 is 2.90 bits per heavy atom. The van der Waals surface area contributed by atoms with Crippen LogP contribution in [0.25, 0.3) is 0 Å². The zero-order chi connectivity index (χ0) is 7.56. The number of Topliss-reactive ketones (excluding diaryl/α,β-unsaturated/α-hetero) is 1. The maximum absolute atomic E-state index is 11.1. The van der Waals surface area contributed by atoms with Gasteiger partial charge < -0.3 is 5.32 Å². The van der Waals surface area contributed by atoms with Gasteiger partial charge in [-0.25, -0.2) is 0 Å². The molecule has 0 radical (unpaired) electrons. The second-order valence-electron chi connectivity index (χ2n) is 3.03. The predicted molar refractivity (Wildman–Crippen MR) is 40.9 cm³/mol. The van der Waals surface area contributed by atoms with Crippen LogP contribution in [0.1, 0.15) is 26.7 Å². The van der Waals surface area contributed by atoms with Gasteiger partial charge in [-0.05, 0) is 5.92 Å². The highest BCUT2D eigenvalue weighted by atomic mass is 16.1. The second kappa shape index (κ2) is 3.15. The van der Waals surface area contributed by atoms with Crippen molar-refractivity contribution in [3.63, 3.8) is 0 Å². The van der Waals surface area contributed by atoms with E-state index in [-0.39, 0.29) is 6.04 Å². The summed E-state index contributed by atoms with van der Waals surface area (Å²) in [5, 5.41) is 3.21. The van der Waals surface area contributed by atoms with Crippen LogP contribution in [0.15, 0.2) is 0 Å². The Morgan fingerprint density at radius 1 is 1.80 bits per heavy atom. The Kier molecular flexibility index (Phi) is 2.44. The molecule has 58 valence electrons. The number of hydrogen-bond donors (Lipinski definition) is 1. The quantitative estimate of drug-likeness (QED) is 0.620. The number of nitrogens with one attached hydrogen (secondary N) is 1. The monoisotopic (exact) mass is 141 g/mol. The molecule has 1 aliphatic rings. The van der Waals surface area contributed by atoms with E-state index in [9.17, 15) is 4.79 Å². The second-order valence-corrected chi connectivity index (χ2v) is 3.03. The first kappa shape index (κ1) is 7.73. The van der Waals surface area contributed by atoms with Crippen LogP contribution in [0.3, 0.4) is 0 Å². The first-order valence-electron chi connectivity index (χ1n) is 4.01. The summed E-state index contributed by atoms with van der Waals surface area (Å²) in [6.45, 7) is 5.13. The van der Waals surface area contributed by atoms with Crippen LogP contribution in [-0.2, 0) is 4.79 Å². The molecule has 2 nitrogen and oxygen atoms in total. The zero-order valence-corrected chi connectivity index (χ0v) is 6.68. The van der Waals surface area contributed by atoms with Gasteiger partial charge in [-0.15, -0.1) is 0 Å². The van der Waals surface area contributed by atoms with Crippen LogP contribution in [0, 0.1) is 5.92 Å². The van der Waals surface area contributed by atoms with Crippen LogP contribution >= 0.6 is 0 Å². The van der Waals surface area contributed by atoms with Crippen LogP contribution in [0.2, 0.25) is 0 Å². The average molecular weight is 141 g/mol. The fraction of sp³-hybridized carbons (Fsp3) is 0.875. The van der Waals surface area contributed by atoms with Crippen molar-refractivity contribution in [1.29, 1.82) is 0 Å². The maximum atomic E-state index is 11.1. The molecule has 0 aromatic carbocycles. The molecule has 0 aromatic rings. The van der Waals surface area contributed by atoms with E-state index >= 15 is 0 Å². The predicted octanol–water partition coefficient (Wildman–Crippen LogP) is 0.964. The van der Waals surface area contributed by atoms with E-state index in [4.69, 9.17) is 0 Å². The lowest BCUT2D eigenvalue weighted by Crippen LogP contribution is -2.33. The Balaban J connectivity index is 2.46. The fourth-order valence-corrected chi connectivity index (χ4v) is 1.37. The van der Waals surface area contributed by atoms with E-state index in [1.807, 2.05) is 0 Å². The standard InChI is InChI=1S/C8H15NO/c1-3-6(2)8-7(10)4-5-9-8/h6,8-9H,3-5H2,1-2H3/t6-,8-/m0/s1. The molecule has 10 heavy (non-hydrogen) atoms. The van der Waals surface area contributed by atoms with Crippen LogP contribution in [0.5, 0.6) is 0 Å². The molecule has 1 N–H and O–H groups in total. The van der Waals surface area contributed by atoms with Crippen LogP contribution < -0.4 is 5.32 Å². The highest BCUT2D eigenvalue weighted by Crippen LogP contribution is 2.13. The third-order valence-electron chi connectivity index (χ3n) is 2.30. The molecule has 0 spiro atoms. The van der Waals surface area contributed by atoms with Crippen molar-refractivity contribution >= 4 is 5.78 Å². The summed E-state index contributed by atoms with van der Waals surface area (Å²) < 4.78 is 0. The van der Waals surface area contributed by atoms with Crippen molar-refractivity contribution in [3.8, 4) is 0 Å². The minimum atomic E-state index is 0.157. The molecule has 0 aliphatic carbocycles. The summed E-state index contributed by atoms with van der Waals surface area (Å²) in [7, 11) is 0. The Morgan fingerprint density at radius 2 is 2.50 bits per heavy atom. The highest BCUT2D eigenvalue weighted by Gasteiger charge is 2.27. The Labute approximate surface area is 62.0 Å². The summed E-state index contributed by atoms with van der Waals surface area (Å²) in [4.78, 5) is 11.1. The molecular formula is C8H15NO. The zero-order valence-electron chi connectivity index (χ0n) is 6.68. The molecule has 1 heterocycles. The van der Waals surface area contributed by atoms with Gasteiger partial charge in [-0.3, -0.25) is 4.79 Å². The van der Waals surface area contributed by atoms with Crippen molar-refractivity contribution in [2.24, 2.45) is 5.92 Å². The highest BCUT2D eigenvalue weighted by molar-refractivity contribution is 5.86. The number of hydrogen-bond acceptors (Lipinski definition) is 2. The topological polar surface area (TPSA) is 29.1 Å². The molecule has 1 saturated heterocycles. The van der Waals surface area contributed by atoms with E-state index in [1.165, 1.54) is 0 Å². The first-order chi connectivity index (χ1) is 4.75. The van der Waals surface area contributed by atoms with E-state index < -0.39 is 0 Å². The molecule has 2 heteroatoms. The minimum absolute atomic E-state index is 0.157. The minimum Gasteiger partial charge on any atom is -0.307 e. The lowest BCUT2D eigenvalue weighted by molar-refractivity contribution is -0.119. The molecule has 2 atom stereocenters. The fourth-order valence-electron chi connectivity index (χ4n) is 1.37. The molecule has 0 unspecified atom stereocenters. The SMILES string of the molecule is CC[C@H](C)[C@@H]1NCCC1=O. The summed E-state index contributed by atoms with van der Waals surface area (Å²) in [6, 6.07) is 0.157. The largest absolute Gasteiger partial charge is 0.307 e. The van der Waals surface area contributed by atoms with Crippen molar-refractivity contribution < 1.29 is 4.79 Å². The summed E-state index contributed by atoms with van der Waals surface area (Å²) in [6.07, 6.45) is 1.82. The number of ketones is 1. The van der Waals surface area contributed by atoms with E-state index in [1.54, 1.807) is 0 Å². The van der Waals surface area contributed by atoms with Crippen molar-refractivity contribution in [3.05, 3.63) is 0 Å². The van der Waals surface area contributed by atoms with E-state index in [0.29, 0.717) is 11.7 Å². The maximum Gasteiger partial charge on any atom is 0.151 e. The molecule has 1 rings (SSSR count). The normalized spacial score (nSPS) is 29.0. The van der Waals surface area contributed by atoms with Gasteiger partial charge in [-0.1, -0.05) is 20.3 Å². The summed E-state index contributed by atoms with van der Waals surface area (Å²) in [5.74, 6) is 0.907. The third-order valence-corrected chi connectivity index (χ3v) is 2.30. The first-order valence-corrected chi connectivity index (χ1v) is 4.01. The Hall–Kier alpha value is -0.370. The number of rotatable bonds is 2. The van der Waals surface area contributed by atoms with Gasteiger partial charge in [0.25, 0.3) is 0 Å². The van der Waals surface area contributed by atoms with Crippen LogP contribution in [0.4, 0.5) is 0 Å². The molecule has 0 aromatic heterocycles. The van der Waals surface area contributed by atoms with Gasteiger partial charge >= 0.3 is 0 Å². The molecule has 0 bridgehead atoms. The molecule has 1 aliphatic heterocycles. The van der Waals surface area contributed by atoms with Gasteiger partial charge in [0.15, 0.2) is 5.78 Å². The van der Waals surface area contributed by atoms with Gasteiger partial charge in [0, 0.05) is 13.0 Å². The summed E-state index contributed by atoms with van der Waals surface area (Å²) in [5.41, 5.74) is 0. The van der Waals surface area contributed by atoms with E-state index in [0.717, 1.165) is 19.4 Å². The van der Waals surface area contributed by atoms with Crippen molar-refractivity contribution in [2.45, 2.75) is 32.7 Å². The van der Waals surface area contributed by atoms with Gasteiger partial charge in [-0.2, -0.15) is 0 Å². The smallest absolute Gasteiger partial charge is 0.151 e. The van der Waals surface area contributed by atoms with Crippen LogP contribution in [-0.4, -0.2) is 18.4 Å². The number of carbonyl (C=O) groups is 1. The van der Waals surface area contributed by atoms with Gasteiger partial charge in [0.05, 0.1) is 6.04 Å². The Bertz CT molecular complexity index is 133. The van der Waals surface area contributed by atoms with Crippen molar-refractivity contribution in [1.82, 2.24) is 5.32 Å². The lowest BCUT2D eigenvalue weighted by Gasteiger charge is -2.15. The number of carbonyl (C=O) groups excluding carboxylic acids is 1. The van der Waals surface area contributed by atoms with Crippen molar-refractivity contribution in [2.75, 3.05) is 6.54 Å². The lowest BCUT2D eigenvalue weighted by atomic mass is 9.97. The molecular weight excluding hydrogens is 126 g/mol. The molecule has 0 amide bonds.